The standard InChI is InChI=1S/C18H25FN4O3/c1-11-20-18(22-21-11)14-10-23(9-13(14)7-19)8-12-5-15(24-2)17(26-4)16(6-12)25-3/h5-6,13-14H,7-10H2,1-4H3,(H,20,21,22). The molecule has 0 saturated carbocycles. The van der Waals surface area contributed by atoms with Crippen molar-refractivity contribution in [3.63, 3.8) is 0 Å². The van der Waals surface area contributed by atoms with Gasteiger partial charge in [-0.2, -0.15) is 5.10 Å². The van der Waals surface area contributed by atoms with Gasteiger partial charge in [0.1, 0.15) is 5.82 Å². The summed E-state index contributed by atoms with van der Waals surface area (Å²) in [6.45, 7) is 3.49. The lowest BCUT2D eigenvalue weighted by Crippen LogP contribution is -2.20. The predicted octanol–water partition coefficient (Wildman–Crippen LogP) is 2.32. The molecule has 0 spiro atoms. The molecule has 2 atom stereocenters. The molecule has 0 aliphatic carbocycles. The monoisotopic (exact) mass is 364 g/mol. The van der Waals surface area contributed by atoms with Gasteiger partial charge < -0.3 is 14.2 Å². The number of likely N-dealkylation sites (tertiary alicyclic amines) is 1. The Morgan fingerprint density at radius 1 is 1.15 bits per heavy atom. The van der Waals surface area contributed by atoms with Crippen LogP contribution in [0.4, 0.5) is 4.39 Å². The molecule has 1 saturated heterocycles. The molecule has 1 aromatic heterocycles. The van der Waals surface area contributed by atoms with Crippen LogP contribution in [0.5, 0.6) is 17.2 Å². The Bertz CT molecular complexity index is 727. The zero-order valence-electron chi connectivity index (χ0n) is 15.6. The topological polar surface area (TPSA) is 72.5 Å². The number of nitrogens with zero attached hydrogens (tertiary/aromatic N) is 3. The highest BCUT2D eigenvalue weighted by atomic mass is 19.1. The third-order valence-electron chi connectivity index (χ3n) is 4.79. The van der Waals surface area contributed by atoms with E-state index < -0.39 is 0 Å². The van der Waals surface area contributed by atoms with Crippen LogP contribution in [-0.4, -0.2) is 61.2 Å². The summed E-state index contributed by atoms with van der Waals surface area (Å²) in [4.78, 5) is 6.60. The summed E-state index contributed by atoms with van der Waals surface area (Å²) >= 11 is 0. The lowest BCUT2D eigenvalue weighted by atomic mass is 9.97. The van der Waals surface area contributed by atoms with E-state index in [1.54, 1.807) is 21.3 Å². The molecule has 7 nitrogen and oxygen atoms in total. The van der Waals surface area contributed by atoms with Gasteiger partial charge in [-0.3, -0.25) is 14.4 Å². The van der Waals surface area contributed by atoms with Gasteiger partial charge in [0.05, 0.1) is 28.0 Å². The minimum atomic E-state index is -0.385. The van der Waals surface area contributed by atoms with Crippen LogP contribution in [0.1, 0.15) is 23.1 Å². The number of benzene rings is 1. The molecule has 1 aliphatic heterocycles. The first-order chi connectivity index (χ1) is 12.6. The van der Waals surface area contributed by atoms with E-state index in [0.29, 0.717) is 42.7 Å². The highest BCUT2D eigenvalue weighted by Gasteiger charge is 2.36. The molecule has 1 aliphatic rings. The van der Waals surface area contributed by atoms with Crippen LogP contribution in [0.25, 0.3) is 0 Å². The molecule has 26 heavy (non-hydrogen) atoms. The summed E-state index contributed by atoms with van der Waals surface area (Å²) < 4.78 is 29.7. The van der Waals surface area contributed by atoms with E-state index in [-0.39, 0.29) is 18.5 Å². The van der Waals surface area contributed by atoms with Crippen LogP contribution in [-0.2, 0) is 6.54 Å². The lowest BCUT2D eigenvalue weighted by Gasteiger charge is -2.18. The fraction of sp³-hybridized carbons (Fsp3) is 0.556. The number of H-pyrrole nitrogens is 1. The number of alkyl halides is 1. The second kappa shape index (κ2) is 7.90. The lowest BCUT2D eigenvalue weighted by molar-refractivity contribution is 0.292. The maximum absolute atomic E-state index is 13.5. The van der Waals surface area contributed by atoms with Crippen molar-refractivity contribution in [3.05, 3.63) is 29.3 Å². The maximum atomic E-state index is 13.5. The van der Waals surface area contributed by atoms with E-state index >= 15 is 0 Å². The predicted molar refractivity (Wildman–Crippen MR) is 94.7 cm³/mol. The molecule has 8 heteroatoms. The largest absolute Gasteiger partial charge is 0.493 e. The van der Waals surface area contributed by atoms with Crippen molar-refractivity contribution >= 4 is 0 Å². The number of hydrogen-bond acceptors (Lipinski definition) is 6. The highest BCUT2D eigenvalue weighted by Crippen LogP contribution is 2.39. The molecule has 0 amide bonds. The normalized spacial score (nSPS) is 20.3. The van der Waals surface area contributed by atoms with Crippen molar-refractivity contribution in [2.75, 3.05) is 41.1 Å². The second-order valence-corrected chi connectivity index (χ2v) is 6.53. The van der Waals surface area contributed by atoms with Crippen LogP contribution < -0.4 is 14.2 Å². The molecule has 3 rings (SSSR count). The molecular weight excluding hydrogens is 339 g/mol. The quantitative estimate of drug-likeness (QED) is 0.813. The van der Waals surface area contributed by atoms with Gasteiger partial charge >= 0.3 is 0 Å². The third-order valence-corrected chi connectivity index (χ3v) is 4.79. The highest BCUT2D eigenvalue weighted by molar-refractivity contribution is 5.53. The van der Waals surface area contributed by atoms with Crippen LogP contribution in [0.15, 0.2) is 12.1 Å². The number of halogens is 1. The van der Waals surface area contributed by atoms with Crippen molar-refractivity contribution in [1.29, 1.82) is 0 Å². The van der Waals surface area contributed by atoms with Gasteiger partial charge in [-0.05, 0) is 24.6 Å². The maximum Gasteiger partial charge on any atom is 0.203 e. The minimum absolute atomic E-state index is 0.00742. The van der Waals surface area contributed by atoms with Crippen molar-refractivity contribution in [2.45, 2.75) is 19.4 Å². The number of rotatable bonds is 7. The van der Waals surface area contributed by atoms with Crippen molar-refractivity contribution < 1.29 is 18.6 Å². The molecule has 0 bridgehead atoms. The molecule has 1 aromatic carbocycles. The van der Waals surface area contributed by atoms with Crippen LogP contribution >= 0.6 is 0 Å². The fourth-order valence-electron chi connectivity index (χ4n) is 3.55. The molecule has 1 fully saturated rings. The third kappa shape index (κ3) is 3.60. The Kier molecular flexibility index (Phi) is 5.61. The molecule has 2 aromatic rings. The SMILES string of the molecule is COc1cc(CN2CC(CF)C(c3n[nH]c(C)n3)C2)cc(OC)c1OC. The minimum Gasteiger partial charge on any atom is -0.493 e. The zero-order valence-corrected chi connectivity index (χ0v) is 15.6. The van der Waals surface area contributed by atoms with E-state index in [1.165, 1.54) is 0 Å². The van der Waals surface area contributed by atoms with Gasteiger partial charge in [-0.25, -0.2) is 4.98 Å². The van der Waals surface area contributed by atoms with E-state index in [4.69, 9.17) is 14.2 Å². The fourth-order valence-corrected chi connectivity index (χ4v) is 3.55. The first-order valence-corrected chi connectivity index (χ1v) is 8.55. The van der Waals surface area contributed by atoms with Gasteiger partial charge in [0, 0.05) is 31.5 Å². The summed E-state index contributed by atoms with van der Waals surface area (Å²) in [7, 11) is 4.77. The number of aromatic nitrogens is 3. The summed E-state index contributed by atoms with van der Waals surface area (Å²) in [5.74, 6) is 3.13. The number of nitrogens with one attached hydrogen (secondary N) is 1. The first-order valence-electron chi connectivity index (χ1n) is 8.55. The number of aryl methyl sites for hydroxylation is 1. The smallest absolute Gasteiger partial charge is 0.203 e. The Balaban J connectivity index is 1.79. The zero-order chi connectivity index (χ0) is 18.7. The van der Waals surface area contributed by atoms with Crippen LogP contribution in [0, 0.1) is 12.8 Å². The van der Waals surface area contributed by atoms with Crippen molar-refractivity contribution in [1.82, 2.24) is 20.1 Å². The Morgan fingerprint density at radius 3 is 2.35 bits per heavy atom. The molecule has 142 valence electrons. The molecular formula is C18H25FN4O3. The van der Waals surface area contributed by atoms with E-state index in [1.807, 2.05) is 19.1 Å². The Morgan fingerprint density at radius 2 is 1.85 bits per heavy atom. The second-order valence-electron chi connectivity index (χ2n) is 6.53. The average Bonchev–Trinajstić information content (AvgIpc) is 3.26. The van der Waals surface area contributed by atoms with Gasteiger partial charge in [0.25, 0.3) is 0 Å². The molecule has 0 radical (unpaired) electrons. The molecule has 2 unspecified atom stereocenters. The van der Waals surface area contributed by atoms with Crippen LogP contribution in [0.2, 0.25) is 0 Å². The van der Waals surface area contributed by atoms with Gasteiger partial charge in [0.15, 0.2) is 17.3 Å². The first kappa shape index (κ1) is 18.4. The van der Waals surface area contributed by atoms with E-state index in [9.17, 15) is 4.39 Å². The van der Waals surface area contributed by atoms with Crippen molar-refractivity contribution in [2.24, 2.45) is 5.92 Å². The summed E-state index contributed by atoms with van der Waals surface area (Å²) in [6.07, 6.45) is 0. The van der Waals surface area contributed by atoms with E-state index in [0.717, 1.165) is 11.4 Å². The van der Waals surface area contributed by atoms with Gasteiger partial charge in [-0.1, -0.05) is 0 Å². The summed E-state index contributed by atoms with van der Waals surface area (Å²) in [5, 5.41) is 7.08. The number of methoxy groups -OCH3 is 3. The average molecular weight is 364 g/mol. The summed E-state index contributed by atoms with van der Waals surface area (Å²) in [5.41, 5.74) is 1.02. The van der Waals surface area contributed by atoms with Crippen molar-refractivity contribution in [3.8, 4) is 17.2 Å². The molecule has 2 heterocycles. The van der Waals surface area contributed by atoms with E-state index in [2.05, 4.69) is 20.1 Å². The number of hydrogen-bond donors (Lipinski definition) is 1. The van der Waals surface area contributed by atoms with Crippen LogP contribution in [0.3, 0.4) is 0 Å². The van der Waals surface area contributed by atoms with Gasteiger partial charge in [-0.15, -0.1) is 0 Å². The summed E-state index contributed by atoms with van der Waals surface area (Å²) in [6, 6.07) is 3.85. The number of aromatic amines is 1. The van der Waals surface area contributed by atoms with Gasteiger partial charge in [0.2, 0.25) is 5.75 Å². The molecule has 1 N–H and O–H groups in total. The Hall–Kier alpha value is -2.35. The number of ether oxygens (including phenoxy) is 3. The Labute approximate surface area is 152 Å².